The van der Waals surface area contributed by atoms with Crippen molar-refractivity contribution in [3.8, 4) is 5.75 Å². The number of carbonyl (C=O) groups is 2. The number of aromatic nitrogens is 1. The van der Waals surface area contributed by atoms with Crippen LogP contribution in [-0.2, 0) is 9.53 Å². The maximum atomic E-state index is 11.8. The molecule has 0 saturated carbocycles. The Hall–Kier alpha value is -2.89. The minimum Gasteiger partial charge on any atom is -0.484 e. The van der Waals surface area contributed by atoms with Crippen molar-refractivity contribution in [2.75, 3.05) is 19.0 Å². The number of esters is 1. The molecule has 0 bridgehead atoms. The monoisotopic (exact) mass is 314 g/mol. The largest absolute Gasteiger partial charge is 0.484 e. The lowest BCUT2D eigenvalue weighted by Crippen LogP contribution is -2.20. The number of anilines is 1. The molecule has 0 saturated heterocycles. The highest BCUT2D eigenvalue weighted by molar-refractivity contribution is 5.92. The fourth-order valence-electron chi connectivity index (χ4n) is 1.84. The topological polar surface area (TPSA) is 77.5 Å². The van der Waals surface area contributed by atoms with E-state index in [0.29, 0.717) is 17.1 Å². The molecule has 1 aromatic carbocycles. The molecular formula is C17H18N2O4. The van der Waals surface area contributed by atoms with E-state index in [-0.39, 0.29) is 12.5 Å². The summed E-state index contributed by atoms with van der Waals surface area (Å²) in [5.41, 5.74) is 2.58. The Kier molecular flexibility index (Phi) is 5.30. The van der Waals surface area contributed by atoms with E-state index >= 15 is 0 Å². The molecule has 0 fully saturated rings. The zero-order valence-electron chi connectivity index (χ0n) is 13.3. The second-order valence-electron chi connectivity index (χ2n) is 5.01. The van der Waals surface area contributed by atoms with Gasteiger partial charge in [-0.05, 0) is 49.2 Å². The summed E-state index contributed by atoms with van der Waals surface area (Å²) in [5, 5.41) is 2.60. The van der Waals surface area contributed by atoms with Gasteiger partial charge in [0, 0.05) is 6.20 Å². The Morgan fingerprint density at radius 3 is 2.52 bits per heavy atom. The summed E-state index contributed by atoms with van der Waals surface area (Å²) in [5.74, 6) is 0.165. The lowest BCUT2D eigenvalue weighted by atomic mass is 10.1. The van der Waals surface area contributed by atoms with Gasteiger partial charge in [0.1, 0.15) is 11.6 Å². The van der Waals surface area contributed by atoms with Crippen molar-refractivity contribution in [3.63, 3.8) is 0 Å². The minimum atomic E-state index is -0.478. The average Bonchev–Trinajstić information content (AvgIpc) is 2.56. The molecule has 0 aliphatic rings. The van der Waals surface area contributed by atoms with Gasteiger partial charge in [0.25, 0.3) is 5.91 Å². The number of nitrogens with zero attached hydrogens (tertiary/aromatic N) is 1. The van der Waals surface area contributed by atoms with Crippen LogP contribution in [0.3, 0.4) is 0 Å². The number of nitrogens with one attached hydrogen (secondary N) is 1. The van der Waals surface area contributed by atoms with E-state index in [9.17, 15) is 9.59 Å². The summed E-state index contributed by atoms with van der Waals surface area (Å²) in [7, 11) is 1.29. The average molecular weight is 314 g/mol. The number of hydrogen-bond acceptors (Lipinski definition) is 5. The Labute approximate surface area is 134 Å². The van der Waals surface area contributed by atoms with Gasteiger partial charge in [-0.25, -0.2) is 9.78 Å². The molecule has 6 heteroatoms. The third-order valence-electron chi connectivity index (χ3n) is 3.30. The number of aryl methyl sites for hydroxylation is 2. The Balaban J connectivity index is 1.89. The molecule has 0 aliphatic carbocycles. The van der Waals surface area contributed by atoms with Crippen molar-refractivity contribution >= 4 is 17.7 Å². The van der Waals surface area contributed by atoms with Crippen LogP contribution in [0.25, 0.3) is 0 Å². The van der Waals surface area contributed by atoms with Crippen LogP contribution in [0.5, 0.6) is 5.75 Å². The van der Waals surface area contributed by atoms with Crippen LogP contribution < -0.4 is 10.1 Å². The molecule has 1 amide bonds. The summed E-state index contributed by atoms with van der Waals surface area (Å²) < 4.78 is 10.0. The maximum Gasteiger partial charge on any atom is 0.339 e. The highest BCUT2D eigenvalue weighted by atomic mass is 16.5. The molecular weight excluding hydrogens is 296 g/mol. The van der Waals surface area contributed by atoms with Gasteiger partial charge in [0.2, 0.25) is 0 Å². The van der Waals surface area contributed by atoms with Gasteiger partial charge >= 0.3 is 5.97 Å². The van der Waals surface area contributed by atoms with Crippen LogP contribution in [0.4, 0.5) is 5.82 Å². The fraction of sp³-hybridized carbons (Fsp3) is 0.235. The molecule has 2 aromatic rings. The number of pyridine rings is 1. The van der Waals surface area contributed by atoms with E-state index in [1.807, 2.05) is 32.0 Å². The molecule has 23 heavy (non-hydrogen) atoms. The second kappa shape index (κ2) is 7.40. The molecule has 1 heterocycles. The summed E-state index contributed by atoms with van der Waals surface area (Å²) >= 11 is 0. The molecule has 0 spiro atoms. The molecule has 1 aromatic heterocycles. The summed E-state index contributed by atoms with van der Waals surface area (Å²) in [6, 6.07) is 8.69. The van der Waals surface area contributed by atoms with Crippen molar-refractivity contribution in [1.82, 2.24) is 4.98 Å². The fourth-order valence-corrected chi connectivity index (χ4v) is 1.84. The van der Waals surface area contributed by atoms with Crippen LogP contribution in [0, 0.1) is 13.8 Å². The lowest BCUT2D eigenvalue weighted by Gasteiger charge is -2.09. The normalized spacial score (nSPS) is 10.0. The first-order chi connectivity index (χ1) is 11.0. The number of rotatable bonds is 5. The Morgan fingerprint density at radius 2 is 1.91 bits per heavy atom. The highest BCUT2D eigenvalue weighted by Crippen LogP contribution is 2.16. The summed E-state index contributed by atoms with van der Waals surface area (Å²) in [6.07, 6.45) is 1.34. The third kappa shape index (κ3) is 4.54. The Bertz CT molecular complexity index is 711. The van der Waals surface area contributed by atoms with Gasteiger partial charge in [-0.3, -0.25) is 4.79 Å². The smallest absolute Gasteiger partial charge is 0.339 e. The molecule has 0 aliphatic heterocycles. The van der Waals surface area contributed by atoms with Crippen molar-refractivity contribution in [3.05, 3.63) is 53.2 Å². The second-order valence-corrected chi connectivity index (χ2v) is 5.01. The first-order valence-corrected chi connectivity index (χ1v) is 7.04. The maximum absolute atomic E-state index is 11.8. The van der Waals surface area contributed by atoms with E-state index in [1.165, 1.54) is 25.4 Å². The van der Waals surface area contributed by atoms with E-state index in [4.69, 9.17) is 4.74 Å². The van der Waals surface area contributed by atoms with Gasteiger partial charge in [-0.1, -0.05) is 6.07 Å². The van der Waals surface area contributed by atoms with Crippen molar-refractivity contribution < 1.29 is 19.1 Å². The zero-order valence-corrected chi connectivity index (χ0v) is 13.3. The van der Waals surface area contributed by atoms with Gasteiger partial charge in [0.05, 0.1) is 12.7 Å². The first kappa shape index (κ1) is 16.5. The highest BCUT2D eigenvalue weighted by Gasteiger charge is 2.08. The molecule has 120 valence electrons. The number of amides is 1. The van der Waals surface area contributed by atoms with E-state index < -0.39 is 5.97 Å². The van der Waals surface area contributed by atoms with Crippen LogP contribution >= 0.6 is 0 Å². The summed E-state index contributed by atoms with van der Waals surface area (Å²) in [6.45, 7) is 3.87. The van der Waals surface area contributed by atoms with E-state index in [1.54, 1.807) is 0 Å². The lowest BCUT2D eigenvalue weighted by molar-refractivity contribution is -0.118. The number of benzene rings is 1. The van der Waals surface area contributed by atoms with Crippen LogP contribution in [0.2, 0.25) is 0 Å². The van der Waals surface area contributed by atoms with Gasteiger partial charge in [0.15, 0.2) is 6.61 Å². The Morgan fingerprint density at radius 1 is 1.13 bits per heavy atom. The number of methoxy groups -OCH3 is 1. The molecule has 0 unspecified atom stereocenters. The predicted molar refractivity (Wildman–Crippen MR) is 85.6 cm³/mol. The standard InChI is InChI=1S/C17H18N2O4/c1-11-4-6-14(8-12(11)2)23-10-16(20)19-15-7-5-13(9-18-15)17(21)22-3/h4-9H,10H2,1-3H3,(H,18,19,20). The van der Waals surface area contributed by atoms with Crippen molar-refractivity contribution in [1.29, 1.82) is 0 Å². The number of ether oxygens (including phenoxy) is 2. The van der Waals surface area contributed by atoms with E-state index in [0.717, 1.165) is 11.1 Å². The third-order valence-corrected chi connectivity index (χ3v) is 3.30. The minimum absolute atomic E-state index is 0.122. The van der Waals surface area contributed by atoms with Gasteiger partial charge in [-0.2, -0.15) is 0 Å². The molecule has 6 nitrogen and oxygen atoms in total. The van der Waals surface area contributed by atoms with Crippen LogP contribution in [0.15, 0.2) is 36.5 Å². The molecule has 2 rings (SSSR count). The number of hydrogen-bond donors (Lipinski definition) is 1. The molecule has 0 radical (unpaired) electrons. The van der Waals surface area contributed by atoms with Gasteiger partial charge in [-0.15, -0.1) is 0 Å². The molecule has 1 N–H and O–H groups in total. The molecule has 0 atom stereocenters. The predicted octanol–water partition coefficient (Wildman–Crippen LogP) is 2.50. The van der Waals surface area contributed by atoms with Crippen LogP contribution in [0.1, 0.15) is 21.5 Å². The van der Waals surface area contributed by atoms with Crippen molar-refractivity contribution in [2.45, 2.75) is 13.8 Å². The SMILES string of the molecule is COC(=O)c1ccc(NC(=O)COc2ccc(C)c(C)c2)nc1. The van der Waals surface area contributed by atoms with E-state index in [2.05, 4.69) is 15.0 Å². The zero-order chi connectivity index (χ0) is 16.8. The first-order valence-electron chi connectivity index (χ1n) is 7.04. The van der Waals surface area contributed by atoms with Crippen LogP contribution in [-0.4, -0.2) is 30.6 Å². The van der Waals surface area contributed by atoms with Gasteiger partial charge < -0.3 is 14.8 Å². The number of carbonyl (C=O) groups excluding carboxylic acids is 2. The quantitative estimate of drug-likeness (QED) is 0.858. The summed E-state index contributed by atoms with van der Waals surface area (Å²) in [4.78, 5) is 27.1. The van der Waals surface area contributed by atoms with Crippen molar-refractivity contribution in [2.24, 2.45) is 0 Å².